The first kappa shape index (κ1) is 19.4. The van der Waals surface area contributed by atoms with Crippen LogP contribution in [-0.2, 0) is 17.7 Å². The molecule has 8 nitrogen and oxygen atoms in total. The third-order valence-electron chi connectivity index (χ3n) is 5.73. The molecular formula is C21H26N6O2. The van der Waals surface area contributed by atoms with Gasteiger partial charge in [0.1, 0.15) is 6.07 Å². The fourth-order valence-corrected chi connectivity index (χ4v) is 4.15. The van der Waals surface area contributed by atoms with Gasteiger partial charge in [0.2, 0.25) is 0 Å². The highest BCUT2D eigenvalue weighted by Crippen LogP contribution is 2.26. The lowest BCUT2D eigenvalue weighted by Crippen LogP contribution is -2.41. The molecule has 29 heavy (non-hydrogen) atoms. The highest BCUT2D eigenvalue weighted by atomic mass is 16.5. The SMILES string of the molecule is Cc1cc(NC[C@H]2CCn3ncc(C(=O)N4CCOCC4)c3C2)c(C#N)c(C)n1. The van der Waals surface area contributed by atoms with E-state index < -0.39 is 0 Å². The molecule has 0 unspecified atom stereocenters. The van der Waals surface area contributed by atoms with E-state index in [0.29, 0.717) is 43.3 Å². The van der Waals surface area contributed by atoms with E-state index in [1.54, 1.807) is 6.20 Å². The molecule has 1 fully saturated rings. The number of hydrogen-bond donors (Lipinski definition) is 1. The molecule has 1 amide bonds. The molecule has 152 valence electrons. The molecule has 8 heteroatoms. The van der Waals surface area contributed by atoms with E-state index in [4.69, 9.17) is 4.74 Å². The van der Waals surface area contributed by atoms with Gasteiger partial charge in [0.25, 0.3) is 5.91 Å². The fourth-order valence-electron chi connectivity index (χ4n) is 4.15. The molecule has 2 aliphatic rings. The Labute approximate surface area is 170 Å². The maximum absolute atomic E-state index is 12.9. The maximum Gasteiger partial charge on any atom is 0.257 e. The Hall–Kier alpha value is -2.92. The van der Waals surface area contributed by atoms with Gasteiger partial charge in [0.05, 0.1) is 47.6 Å². The average Bonchev–Trinajstić information content (AvgIpc) is 3.15. The molecule has 1 saturated heterocycles. The van der Waals surface area contributed by atoms with Crippen LogP contribution in [0.2, 0.25) is 0 Å². The summed E-state index contributed by atoms with van der Waals surface area (Å²) in [7, 11) is 0. The number of nitrogens with zero attached hydrogens (tertiary/aromatic N) is 5. The number of aryl methyl sites for hydroxylation is 3. The van der Waals surface area contributed by atoms with Crippen molar-refractivity contribution in [3.63, 3.8) is 0 Å². The lowest BCUT2D eigenvalue weighted by molar-refractivity contribution is 0.0301. The van der Waals surface area contributed by atoms with Crippen molar-refractivity contribution in [3.05, 3.63) is 40.5 Å². The molecule has 0 radical (unpaired) electrons. The highest BCUT2D eigenvalue weighted by molar-refractivity contribution is 5.95. The molecule has 4 heterocycles. The molecule has 2 aromatic heterocycles. The van der Waals surface area contributed by atoms with E-state index in [1.165, 1.54) is 0 Å². The molecule has 4 rings (SSSR count). The van der Waals surface area contributed by atoms with E-state index in [0.717, 1.165) is 48.7 Å². The molecule has 0 saturated carbocycles. The minimum absolute atomic E-state index is 0.0512. The van der Waals surface area contributed by atoms with Crippen molar-refractivity contribution in [2.75, 3.05) is 38.2 Å². The first-order chi connectivity index (χ1) is 14.1. The number of nitrogens with one attached hydrogen (secondary N) is 1. The van der Waals surface area contributed by atoms with Gasteiger partial charge in [-0.2, -0.15) is 10.4 Å². The monoisotopic (exact) mass is 394 g/mol. The minimum Gasteiger partial charge on any atom is -0.384 e. The summed E-state index contributed by atoms with van der Waals surface area (Å²) in [5.41, 5.74) is 4.80. The lowest BCUT2D eigenvalue weighted by Gasteiger charge is -2.28. The third-order valence-corrected chi connectivity index (χ3v) is 5.73. The number of morpholine rings is 1. The van der Waals surface area contributed by atoms with Gasteiger partial charge in [-0.1, -0.05) is 0 Å². The summed E-state index contributed by atoms with van der Waals surface area (Å²) in [5.74, 6) is 0.422. The van der Waals surface area contributed by atoms with Gasteiger partial charge >= 0.3 is 0 Å². The molecule has 1 N–H and O–H groups in total. The van der Waals surface area contributed by atoms with E-state index in [9.17, 15) is 10.1 Å². The molecule has 0 spiro atoms. The Morgan fingerprint density at radius 2 is 2.14 bits per heavy atom. The molecule has 2 aromatic rings. The number of anilines is 1. The second-order valence-corrected chi connectivity index (χ2v) is 7.76. The second kappa shape index (κ2) is 8.21. The zero-order chi connectivity index (χ0) is 20.4. The summed E-state index contributed by atoms with van der Waals surface area (Å²) in [6.07, 6.45) is 3.49. The largest absolute Gasteiger partial charge is 0.384 e. The topological polar surface area (TPSA) is 96.1 Å². The summed E-state index contributed by atoms with van der Waals surface area (Å²) >= 11 is 0. The zero-order valence-corrected chi connectivity index (χ0v) is 16.9. The van der Waals surface area contributed by atoms with Crippen molar-refractivity contribution in [3.8, 4) is 6.07 Å². The van der Waals surface area contributed by atoms with Gasteiger partial charge < -0.3 is 15.0 Å². The molecule has 0 bridgehead atoms. The van der Waals surface area contributed by atoms with Gasteiger partial charge in [0.15, 0.2) is 0 Å². The lowest BCUT2D eigenvalue weighted by atomic mass is 9.93. The van der Waals surface area contributed by atoms with Crippen molar-refractivity contribution in [1.29, 1.82) is 5.26 Å². The Morgan fingerprint density at radius 1 is 1.34 bits per heavy atom. The van der Waals surface area contributed by atoms with Crippen LogP contribution in [0.15, 0.2) is 12.3 Å². The predicted molar refractivity (Wildman–Crippen MR) is 108 cm³/mol. The van der Waals surface area contributed by atoms with E-state index in [2.05, 4.69) is 21.5 Å². The average molecular weight is 394 g/mol. The maximum atomic E-state index is 12.9. The first-order valence-corrected chi connectivity index (χ1v) is 10.1. The quantitative estimate of drug-likeness (QED) is 0.851. The van der Waals surface area contributed by atoms with Gasteiger partial charge in [-0.05, 0) is 38.7 Å². The summed E-state index contributed by atoms with van der Waals surface area (Å²) < 4.78 is 7.32. The van der Waals surface area contributed by atoms with Crippen LogP contribution in [-0.4, -0.2) is 58.4 Å². The standard InChI is InChI=1S/C21H26N6O2/c1-14-9-19(17(11-22)15(2)25-14)23-12-16-3-4-27-20(10-16)18(13-24-27)21(28)26-5-7-29-8-6-26/h9,13,16H,3-8,10,12H2,1-2H3,(H,23,25)/t16-/m0/s1. The van der Waals surface area contributed by atoms with Crippen LogP contribution in [0.1, 0.15) is 39.4 Å². The van der Waals surface area contributed by atoms with Crippen molar-refractivity contribution >= 4 is 11.6 Å². The number of rotatable bonds is 4. The third kappa shape index (κ3) is 3.96. The van der Waals surface area contributed by atoms with Gasteiger partial charge in [-0.15, -0.1) is 0 Å². The summed E-state index contributed by atoms with van der Waals surface area (Å²) in [6.45, 7) is 7.78. The Bertz CT molecular complexity index is 955. The molecule has 2 aliphatic heterocycles. The molecule has 1 atom stereocenters. The van der Waals surface area contributed by atoms with Crippen molar-refractivity contribution in [2.45, 2.75) is 33.2 Å². The minimum atomic E-state index is 0.0512. The summed E-state index contributed by atoms with van der Waals surface area (Å²) in [4.78, 5) is 19.2. The predicted octanol–water partition coefficient (Wildman–Crippen LogP) is 1.91. The Kier molecular flexibility index (Phi) is 5.49. The van der Waals surface area contributed by atoms with Gasteiger partial charge in [0, 0.05) is 31.9 Å². The number of fused-ring (bicyclic) bond motifs is 1. The number of aromatic nitrogens is 3. The van der Waals surface area contributed by atoms with Crippen molar-refractivity contribution < 1.29 is 9.53 Å². The Balaban J connectivity index is 1.46. The number of hydrogen-bond acceptors (Lipinski definition) is 6. The van der Waals surface area contributed by atoms with Gasteiger partial charge in [-0.3, -0.25) is 14.5 Å². The van der Waals surface area contributed by atoms with Crippen LogP contribution in [0.5, 0.6) is 0 Å². The zero-order valence-electron chi connectivity index (χ0n) is 16.9. The van der Waals surface area contributed by atoms with Crippen LogP contribution >= 0.6 is 0 Å². The molecule has 0 aliphatic carbocycles. The second-order valence-electron chi connectivity index (χ2n) is 7.76. The summed E-state index contributed by atoms with van der Waals surface area (Å²) in [6, 6.07) is 4.17. The van der Waals surface area contributed by atoms with Crippen LogP contribution < -0.4 is 5.32 Å². The Morgan fingerprint density at radius 3 is 2.90 bits per heavy atom. The van der Waals surface area contributed by atoms with Crippen molar-refractivity contribution in [1.82, 2.24) is 19.7 Å². The number of pyridine rings is 1. The molecule has 0 aromatic carbocycles. The number of carbonyl (C=O) groups is 1. The van der Waals surface area contributed by atoms with Crippen LogP contribution in [0.4, 0.5) is 5.69 Å². The van der Waals surface area contributed by atoms with Crippen LogP contribution in [0.3, 0.4) is 0 Å². The first-order valence-electron chi connectivity index (χ1n) is 10.1. The van der Waals surface area contributed by atoms with Crippen molar-refractivity contribution in [2.24, 2.45) is 5.92 Å². The fraction of sp³-hybridized carbons (Fsp3) is 0.524. The number of ether oxygens (including phenoxy) is 1. The normalized spacial score (nSPS) is 18.8. The van der Waals surface area contributed by atoms with E-state index in [1.807, 2.05) is 29.5 Å². The smallest absolute Gasteiger partial charge is 0.257 e. The van der Waals surface area contributed by atoms with E-state index in [-0.39, 0.29) is 5.91 Å². The number of nitriles is 1. The summed E-state index contributed by atoms with van der Waals surface area (Å²) in [5, 5.41) is 17.3. The van der Waals surface area contributed by atoms with Crippen LogP contribution in [0.25, 0.3) is 0 Å². The van der Waals surface area contributed by atoms with Gasteiger partial charge in [-0.25, -0.2) is 0 Å². The van der Waals surface area contributed by atoms with E-state index >= 15 is 0 Å². The number of amides is 1. The highest BCUT2D eigenvalue weighted by Gasteiger charge is 2.28. The number of carbonyl (C=O) groups excluding carboxylic acids is 1. The van der Waals surface area contributed by atoms with Crippen LogP contribution in [0, 0.1) is 31.1 Å². The molecular weight excluding hydrogens is 368 g/mol.